The molecule has 1 unspecified atom stereocenters. The average molecular weight is 625 g/mol. The second kappa shape index (κ2) is 13.2. The molecule has 5 aliphatic rings. The number of hydrogen-bond acceptors (Lipinski definition) is 3. The molecule has 0 aliphatic heterocycles. The number of unbranched alkanes of at least 4 members (excludes halogenated alkanes) is 8. The van der Waals surface area contributed by atoms with Crippen LogP contribution in [0.4, 0.5) is 0 Å². The molecule has 5 aliphatic carbocycles. The van der Waals surface area contributed by atoms with Gasteiger partial charge >= 0.3 is 5.97 Å². The summed E-state index contributed by atoms with van der Waals surface area (Å²) >= 11 is 0. The summed E-state index contributed by atoms with van der Waals surface area (Å²) in [7, 11) is 0. The Morgan fingerprint density at radius 2 is 1.42 bits per heavy atom. The van der Waals surface area contributed by atoms with Crippen LogP contribution in [0, 0.1) is 56.7 Å². The largest absolute Gasteiger partial charge is 0.462 e. The summed E-state index contributed by atoms with van der Waals surface area (Å²) < 4.78 is 6.59. The molecule has 3 heteroatoms. The molecule has 0 saturated heterocycles. The number of rotatable bonds is 12. The minimum Gasteiger partial charge on any atom is -0.462 e. The van der Waals surface area contributed by atoms with Crippen LogP contribution in [0.25, 0.3) is 0 Å². The third-order valence-electron chi connectivity index (χ3n) is 16.3. The van der Waals surface area contributed by atoms with E-state index in [4.69, 9.17) is 4.74 Å². The van der Waals surface area contributed by atoms with E-state index in [-0.39, 0.29) is 33.7 Å². The Kier molecular flexibility index (Phi) is 10.4. The highest BCUT2D eigenvalue weighted by molar-refractivity contribution is 5.69. The van der Waals surface area contributed by atoms with E-state index >= 15 is 0 Å². The van der Waals surface area contributed by atoms with Gasteiger partial charge < -0.3 is 9.84 Å². The lowest BCUT2D eigenvalue weighted by atomic mass is 9.32. The second-order valence-corrected chi connectivity index (χ2v) is 18.8. The first-order valence-electron chi connectivity index (χ1n) is 19.7. The molecule has 258 valence electrons. The van der Waals surface area contributed by atoms with Crippen LogP contribution in [0.15, 0.2) is 12.2 Å². The van der Waals surface area contributed by atoms with Crippen molar-refractivity contribution in [3.8, 4) is 0 Å². The van der Waals surface area contributed by atoms with Gasteiger partial charge in [-0.1, -0.05) is 112 Å². The quantitative estimate of drug-likeness (QED) is 0.133. The topological polar surface area (TPSA) is 46.5 Å². The zero-order valence-corrected chi connectivity index (χ0v) is 30.9. The maximum Gasteiger partial charge on any atom is 0.306 e. The van der Waals surface area contributed by atoms with Crippen LogP contribution < -0.4 is 0 Å². The van der Waals surface area contributed by atoms with Gasteiger partial charge in [-0.25, -0.2) is 0 Å². The van der Waals surface area contributed by atoms with Gasteiger partial charge in [-0.2, -0.15) is 0 Å². The highest BCUT2D eigenvalue weighted by Gasteiger charge is 2.72. The molecule has 0 aromatic carbocycles. The van der Waals surface area contributed by atoms with Crippen molar-refractivity contribution in [2.24, 2.45) is 56.7 Å². The van der Waals surface area contributed by atoms with Crippen molar-refractivity contribution in [2.75, 3.05) is 0 Å². The molecule has 5 rings (SSSR count). The van der Waals surface area contributed by atoms with E-state index in [0.29, 0.717) is 36.0 Å². The molecule has 3 nitrogen and oxygen atoms in total. The van der Waals surface area contributed by atoms with Crippen LogP contribution in [0.2, 0.25) is 0 Å². The van der Waals surface area contributed by atoms with Crippen LogP contribution in [0.3, 0.4) is 0 Å². The molecule has 1 N–H and O–H groups in total. The highest BCUT2D eigenvalue weighted by atomic mass is 16.5. The molecule has 11 atom stereocenters. The lowest BCUT2D eigenvalue weighted by Crippen LogP contribution is -2.70. The molecule has 45 heavy (non-hydrogen) atoms. The third-order valence-corrected chi connectivity index (χ3v) is 16.3. The van der Waals surface area contributed by atoms with Gasteiger partial charge in [0, 0.05) is 18.3 Å². The molecule has 5 fully saturated rings. The third kappa shape index (κ3) is 5.92. The Labute approximate surface area is 278 Å². The van der Waals surface area contributed by atoms with Gasteiger partial charge in [-0.15, -0.1) is 0 Å². The van der Waals surface area contributed by atoms with E-state index in [9.17, 15) is 9.90 Å². The van der Waals surface area contributed by atoms with Crippen LogP contribution in [-0.2, 0) is 9.53 Å². The average Bonchev–Trinajstić information content (AvgIpc) is 3.33. The summed E-state index contributed by atoms with van der Waals surface area (Å²) in [5.74, 6) is 3.02. The van der Waals surface area contributed by atoms with Gasteiger partial charge in [0.2, 0.25) is 0 Å². The van der Waals surface area contributed by atoms with E-state index in [0.717, 1.165) is 31.1 Å². The number of ether oxygens (including phenoxy) is 1. The van der Waals surface area contributed by atoms with Crippen LogP contribution >= 0.6 is 0 Å². The fraction of sp³-hybridized carbons (Fsp3) is 0.929. The molecule has 0 bridgehead atoms. The number of aliphatic hydroxyl groups excluding tert-OH is 1. The summed E-state index contributed by atoms with van der Waals surface area (Å²) in [6.07, 6.45) is 22.0. The van der Waals surface area contributed by atoms with Crippen molar-refractivity contribution >= 4 is 5.97 Å². The molecule has 0 aromatic heterocycles. The second-order valence-electron chi connectivity index (χ2n) is 18.8. The number of hydrogen-bond donors (Lipinski definition) is 1. The molecule has 0 aromatic rings. The Morgan fingerprint density at radius 3 is 2.07 bits per heavy atom. The summed E-state index contributed by atoms with van der Waals surface area (Å²) in [5, 5.41) is 11.5. The molecule has 0 heterocycles. The number of aliphatic hydroxyl groups is 1. The zero-order chi connectivity index (χ0) is 32.8. The lowest BCUT2D eigenvalue weighted by Gasteiger charge is -2.73. The van der Waals surface area contributed by atoms with Crippen molar-refractivity contribution in [2.45, 2.75) is 190 Å². The van der Waals surface area contributed by atoms with E-state index < -0.39 is 6.10 Å². The summed E-state index contributed by atoms with van der Waals surface area (Å²) in [6.45, 7) is 24.2. The standard InChI is InChI=1S/C42H72O3/c1-10-11-12-13-14-15-16-17-18-19-36(44)45-35-28-34(43)38(4,5)32-23-25-41(8)33(42(32,35)9)21-20-31-37-30(29(2)3)22-24-39(37,6)26-27-40(31,41)7/h30-35,37,43H,2,10-28H2,1,3-9H3/t30-,31+,32+,33+,34-,35?,37+,39+,40+,41+,42-/m0/s1. The summed E-state index contributed by atoms with van der Waals surface area (Å²) in [4.78, 5) is 13.5. The van der Waals surface area contributed by atoms with E-state index in [1.165, 1.54) is 95.5 Å². The monoisotopic (exact) mass is 625 g/mol. The molecule has 5 saturated carbocycles. The number of carbonyl (C=O) groups excluding carboxylic acids is 1. The van der Waals surface area contributed by atoms with Gasteiger partial charge in [0.1, 0.15) is 6.10 Å². The van der Waals surface area contributed by atoms with Crippen LogP contribution in [0.5, 0.6) is 0 Å². The first-order chi connectivity index (χ1) is 21.2. The first-order valence-corrected chi connectivity index (χ1v) is 19.7. The maximum atomic E-state index is 13.5. The predicted octanol–water partition coefficient (Wildman–Crippen LogP) is 11.5. The van der Waals surface area contributed by atoms with E-state index in [1.807, 2.05) is 0 Å². The minimum atomic E-state index is -0.428. The van der Waals surface area contributed by atoms with E-state index in [2.05, 4.69) is 62.0 Å². The fourth-order valence-corrected chi connectivity index (χ4v) is 13.4. The van der Waals surface area contributed by atoms with Crippen LogP contribution in [0.1, 0.15) is 177 Å². The van der Waals surface area contributed by atoms with Gasteiger partial charge in [0.25, 0.3) is 0 Å². The Morgan fingerprint density at radius 1 is 0.778 bits per heavy atom. The number of allylic oxidation sites excluding steroid dienone is 1. The van der Waals surface area contributed by atoms with Crippen molar-refractivity contribution in [3.05, 3.63) is 12.2 Å². The number of fused-ring (bicyclic) bond motifs is 7. The maximum absolute atomic E-state index is 13.5. The first kappa shape index (κ1) is 35.5. The van der Waals surface area contributed by atoms with Crippen molar-refractivity contribution in [3.63, 3.8) is 0 Å². The molecule has 0 radical (unpaired) electrons. The zero-order valence-electron chi connectivity index (χ0n) is 30.9. The molecule has 0 spiro atoms. The Bertz CT molecular complexity index is 1060. The van der Waals surface area contributed by atoms with Gasteiger partial charge in [0.15, 0.2) is 0 Å². The normalized spacial score (nSPS) is 45.1. The fourth-order valence-electron chi connectivity index (χ4n) is 13.4. The molecular weight excluding hydrogens is 552 g/mol. The van der Waals surface area contributed by atoms with Crippen molar-refractivity contribution in [1.82, 2.24) is 0 Å². The van der Waals surface area contributed by atoms with Crippen LogP contribution in [-0.4, -0.2) is 23.3 Å². The van der Waals surface area contributed by atoms with Crippen molar-refractivity contribution in [1.29, 1.82) is 0 Å². The van der Waals surface area contributed by atoms with Gasteiger partial charge in [0.05, 0.1) is 6.10 Å². The number of carbonyl (C=O) groups is 1. The van der Waals surface area contributed by atoms with Crippen molar-refractivity contribution < 1.29 is 14.6 Å². The van der Waals surface area contributed by atoms with Gasteiger partial charge in [-0.3, -0.25) is 4.79 Å². The molecule has 0 amide bonds. The Balaban J connectivity index is 1.33. The highest BCUT2D eigenvalue weighted by Crippen LogP contribution is 2.77. The predicted molar refractivity (Wildman–Crippen MR) is 188 cm³/mol. The van der Waals surface area contributed by atoms with Gasteiger partial charge in [-0.05, 0) is 116 Å². The van der Waals surface area contributed by atoms with E-state index in [1.54, 1.807) is 0 Å². The summed E-state index contributed by atoms with van der Waals surface area (Å²) in [5.41, 5.74) is 2.10. The number of esters is 1. The Hall–Kier alpha value is -0.830. The molecular formula is C42H72O3. The smallest absolute Gasteiger partial charge is 0.306 e. The minimum absolute atomic E-state index is 0.0225. The summed E-state index contributed by atoms with van der Waals surface area (Å²) in [6, 6.07) is 0. The lowest BCUT2D eigenvalue weighted by molar-refractivity contribution is -0.277. The SMILES string of the molecule is C=C(C)[C@@H]1CC[C@]2(C)CC[C@]3(C)[C@H](CC[C@H]4[C@@]5(C)C(OC(=O)CCCCCCCCCCC)C[C@H](O)C(C)(C)[C@H]5CC[C@]43C)[C@@H]12.